The summed E-state index contributed by atoms with van der Waals surface area (Å²) in [6.45, 7) is 0. The lowest BCUT2D eigenvalue weighted by molar-refractivity contribution is -0.122. The molecular weight excluding hydrogens is 467 g/mol. The second-order valence-electron chi connectivity index (χ2n) is 8.07. The summed E-state index contributed by atoms with van der Waals surface area (Å²) in [5, 5.41) is 6.26. The molecule has 0 spiro atoms. The standard InChI is InChI=1S/C27H24ClFN4O2/c1-33-16-15-30-26(33)25(19-11-13-20(29)14-12-19)32-24(34)17-23(18-7-3-2-4-8-18)31-27(35)21-9-5-6-10-22(21)28/h2-16,23,25H,17H2,1H3,(H,31,35)(H,32,34)/t23-,25-/m1/s1. The molecule has 35 heavy (non-hydrogen) atoms. The molecule has 2 atom stereocenters. The summed E-state index contributed by atoms with van der Waals surface area (Å²) in [4.78, 5) is 30.6. The molecule has 0 saturated heterocycles. The molecule has 2 amide bonds. The molecule has 178 valence electrons. The molecule has 0 aliphatic heterocycles. The van der Waals surface area contributed by atoms with Crippen molar-refractivity contribution in [1.29, 1.82) is 0 Å². The topological polar surface area (TPSA) is 76.0 Å². The molecule has 0 aliphatic carbocycles. The summed E-state index contributed by atoms with van der Waals surface area (Å²) in [5.74, 6) is -0.460. The maximum atomic E-state index is 13.5. The second kappa shape index (κ2) is 11.0. The fourth-order valence-corrected chi connectivity index (χ4v) is 4.05. The summed E-state index contributed by atoms with van der Waals surface area (Å²) >= 11 is 6.20. The van der Waals surface area contributed by atoms with E-state index in [-0.39, 0.29) is 24.1 Å². The third kappa shape index (κ3) is 5.94. The monoisotopic (exact) mass is 490 g/mol. The molecular formula is C27H24ClFN4O2. The van der Waals surface area contributed by atoms with Crippen LogP contribution in [0.3, 0.4) is 0 Å². The Kier molecular flexibility index (Phi) is 7.57. The number of hydrogen-bond donors (Lipinski definition) is 2. The predicted molar refractivity (Wildman–Crippen MR) is 132 cm³/mol. The third-order valence-electron chi connectivity index (χ3n) is 5.64. The summed E-state index contributed by atoms with van der Waals surface area (Å²) in [5.41, 5.74) is 1.79. The molecule has 0 saturated carbocycles. The van der Waals surface area contributed by atoms with E-state index in [1.165, 1.54) is 12.1 Å². The minimum atomic E-state index is -0.602. The maximum absolute atomic E-state index is 13.5. The van der Waals surface area contributed by atoms with E-state index in [9.17, 15) is 14.0 Å². The second-order valence-corrected chi connectivity index (χ2v) is 8.48. The maximum Gasteiger partial charge on any atom is 0.253 e. The third-order valence-corrected chi connectivity index (χ3v) is 5.97. The smallest absolute Gasteiger partial charge is 0.253 e. The lowest BCUT2D eigenvalue weighted by Gasteiger charge is -2.23. The van der Waals surface area contributed by atoms with E-state index in [1.807, 2.05) is 37.4 Å². The lowest BCUT2D eigenvalue weighted by Crippen LogP contribution is -2.36. The molecule has 4 aromatic rings. The SMILES string of the molecule is Cn1ccnc1[C@H](NC(=O)C[C@@H](NC(=O)c1ccccc1Cl)c1ccccc1)c1ccc(F)cc1. The Bertz CT molecular complexity index is 1310. The van der Waals surface area contributed by atoms with Gasteiger partial charge in [0.05, 0.1) is 23.0 Å². The number of nitrogens with zero attached hydrogens (tertiary/aromatic N) is 2. The van der Waals surface area contributed by atoms with Crippen molar-refractivity contribution in [3.8, 4) is 0 Å². The number of aromatic nitrogens is 2. The zero-order valence-corrected chi connectivity index (χ0v) is 19.7. The van der Waals surface area contributed by atoms with Gasteiger partial charge < -0.3 is 15.2 Å². The van der Waals surface area contributed by atoms with Crippen molar-refractivity contribution in [3.63, 3.8) is 0 Å². The molecule has 0 unspecified atom stereocenters. The van der Waals surface area contributed by atoms with Crippen molar-refractivity contribution in [2.45, 2.75) is 18.5 Å². The Morgan fingerprint density at radius 1 is 0.943 bits per heavy atom. The van der Waals surface area contributed by atoms with Gasteiger partial charge in [0.2, 0.25) is 5.91 Å². The highest BCUT2D eigenvalue weighted by atomic mass is 35.5. The number of aryl methyl sites for hydroxylation is 1. The number of rotatable bonds is 8. The highest BCUT2D eigenvalue weighted by Crippen LogP contribution is 2.24. The zero-order valence-electron chi connectivity index (χ0n) is 19.0. The van der Waals surface area contributed by atoms with Crippen molar-refractivity contribution in [3.05, 3.63) is 125 Å². The normalized spacial score (nSPS) is 12.5. The van der Waals surface area contributed by atoms with Gasteiger partial charge >= 0.3 is 0 Å². The van der Waals surface area contributed by atoms with Gasteiger partial charge in [0.15, 0.2) is 0 Å². The summed E-state index contributed by atoms with van der Waals surface area (Å²) in [7, 11) is 1.82. The first-order valence-electron chi connectivity index (χ1n) is 11.0. The van der Waals surface area contributed by atoms with E-state index in [2.05, 4.69) is 15.6 Å². The predicted octanol–water partition coefficient (Wildman–Crippen LogP) is 4.98. The van der Waals surface area contributed by atoms with Crippen molar-refractivity contribution in [2.24, 2.45) is 7.05 Å². The number of halogens is 2. The van der Waals surface area contributed by atoms with Crippen LogP contribution >= 0.6 is 11.6 Å². The van der Waals surface area contributed by atoms with Crippen LogP contribution < -0.4 is 10.6 Å². The average molecular weight is 491 g/mol. The number of benzene rings is 3. The first-order valence-corrected chi connectivity index (χ1v) is 11.4. The van der Waals surface area contributed by atoms with Crippen LogP contribution in [0, 0.1) is 5.82 Å². The van der Waals surface area contributed by atoms with Crippen LogP contribution in [0.4, 0.5) is 4.39 Å². The molecule has 0 bridgehead atoms. The Balaban J connectivity index is 1.57. The summed E-state index contributed by atoms with van der Waals surface area (Å²) in [6, 6.07) is 20.7. The number of amides is 2. The molecule has 2 N–H and O–H groups in total. The molecule has 0 aliphatic rings. The van der Waals surface area contributed by atoms with Crippen molar-refractivity contribution in [1.82, 2.24) is 20.2 Å². The molecule has 8 heteroatoms. The van der Waals surface area contributed by atoms with E-state index in [1.54, 1.807) is 53.4 Å². The van der Waals surface area contributed by atoms with Gasteiger partial charge in [0, 0.05) is 19.4 Å². The van der Waals surface area contributed by atoms with Gasteiger partial charge in [-0.05, 0) is 35.4 Å². The quantitative estimate of drug-likeness (QED) is 0.366. The van der Waals surface area contributed by atoms with Crippen LogP contribution in [0.5, 0.6) is 0 Å². The van der Waals surface area contributed by atoms with Gasteiger partial charge in [-0.25, -0.2) is 9.37 Å². The summed E-state index contributed by atoms with van der Waals surface area (Å²) < 4.78 is 15.3. The number of imidazole rings is 1. The number of nitrogens with one attached hydrogen (secondary N) is 2. The minimum Gasteiger partial charge on any atom is -0.345 e. The van der Waals surface area contributed by atoms with Gasteiger partial charge in [-0.1, -0.05) is 66.2 Å². The fraction of sp³-hybridized carbons (Fsp3) is 0.148. The largest absolute Gasteiger partial charge is 0.345 e. The Hall–Kier alpha value is -3.97. The molecule has 1 aromatic heterocycles. The highest BCUT2D eigenvalue weighted by Gasteiger charge is 2.25. The molecule has 1 heterocycles. The summed E-state index contributed by atoms with van der Waals surface area (Å²) in [6.07, 6.45) is 3.38. The van der Waals surface area contributed by atoms with E-state index in [4.69, 9.17) is 11.6 Å². The average Bonchev–Trinajstić information content (AvgIpc) is 3.29. The van der Waals surface area contributed by atoms with E-state index >= 15 is 0 Å². The van der Waals surface area contributed by atoms with Crippen LogP contribution in [-0.2, 0) is 11.8 Å². The lowest BCUT2D eigenvalue weighted by atomic mass is 10.0. The first kappa shape index (κ1) is 24.2. The first-order chi connectivity index (χ1) is 16.9. The molecule has 0 fully saturated rings. The Labute approximate surface area is 207 Å². The minimum absolute atomic E-state index is 0.0255. The molecule has 6 nitrogen and oxygen atoms in total. The van der Waals surface area contributed by atoms with Crippen LogP contribution in [-0.4, -0.2) is 21.4 Å². The van der Waals surface area contributed by atoms with Gasteiger partial charge in [-0.3, -0.25) is 9.59 Å². The van der Waals surface area contributed by atoms with Crippen molar-refractivity contribution < 1.29 is 14.0 Å². The van der Waals surface area contributed by atoms with E-state index in [0.29, 0.717) is 22.0 Å². The van der Waals surface area contributed by atoms with Crippen molar-refractivity contribution in [2.75, 3.05) is 0 Å². The van der Waals surface area contributed by atoms with Crippen LogP contribution in [0.1, 0.15) is 45.8 Å². The highest BCUT2D eigenvalue weighted by molar-refractivity contribution is 6.33. The molecule has 3 aromatic carbocycles. The number of carbonyl (C=O) groups is 2. The molecule has 0 radical (unpaired) electrons. The van der Waals surface area contributed by atoms with Gasteiger partial charge in [0.1, 0.15) is 17.7 Å². The van der Waals surface area contributed by atoms with E-state index in [0.717, 1.165) is 5.56 Å². The van der Waals surface area contributed by atoms with Crippen LogP contribution in [0.2, 0.25) is 5.02 Å². The Morgan fingerprint density at radius 3 is 2.29 bits per heavy atom. The van der Waals surface area contributed by atoms with E-state index < -0.39 is 12.1 Å². The van der Waals surface area contributed by atoms with Crippen LogP contribution in [0.25, 0.3) is 0 Å². The number of carbonyl (C=O) groups excluding carboxylic acids is 2. The van der Waals surface area contributed by atoms with Crippen LogP contribution in [0.15, 0.2) is 91.3 Å². The fourth-order valence-electron chi connectivity index (χ4n) is 3.83. The van der Waals surface area contributed by atoms with Crippen molar-refractivity contribution >= 4 is 23.4 Å². The molecule has 4 rings (SSSR count). The zero-order chi connectivity index (χ0) is 24.8. The number of hydrogen-bond acceptors (Lipinski definition) is 3. The van der Waals surface area contributed by atoms with Gasteiger partial charge in [-0.2, -0.15) is 0 Å². The Morgan fingerprint density at radius 2 is 1.63 bits per heavy atom. The van der Waals surface area contributed by atoms with Gasteiger partial charge in [0.25, 0.3) is 5.91 Å². The van der Waals surface area contributed by atoms with Gasteiger partial charge in [-0.15, -0.1) is 0 Å².